The molecule has 38 heavy (non-hydrogen) atoms. The fourth-order valence-corrected chi connectivity index (χ4v) is 5.40. The van der Waals surface area contributed by atoms with E-state index in [1.807, 2.05) is 13.8 Å². The highest BCUT2D eigenvalue weighted by Crippen LogP contribution is 2.26. The second-order valence-corrected chi connectivity index (χ2v) is 12.0. The number of nitrogens with one attached hydrogen (secondary N) is 1. The molecule has 0 saturated carbocycles. The maximum absolute atomic E-state index is 14.6. The lowest BCUT2D eigenvalue weighted by molar-refractivity contribution is -0.139. The van der Waals surface area contributed by atoms with Gasteiger partial charge in [0.05, 0.1) is 10.6 Å². The van der Waals surface area contributed by atoms with Crippen molar-refractivity contribution in [2.75, 3.05) is 17.4 Å². The first-order valence-electron chi connectivity index (χ1n) is 12.1. The van der Waals surface area contributed by atoms with Gasteiger partial charge in [-0.05, 0) is 55.3 Å². The number of halogens is 2. The van der Waals surface area contributed by atoms with E-state index in [9.17, 15) is 22.4 Å². The van der Waals surface area contributed by atoms with Crippen LogP contribution in [0.3, 0.4) is 0 Å². The van der Waals surface area contributed by atoms with Crippen molar-refractivity contribution < 1.29 is 22.4 Å². The Balaban J connectivity index is 2.00. The van der Waals surface area contributed by atoms with Gasteiger partial charge in [0.2, 0.25) is 11.8 Å². The Kier molecular flexibility index (Phi) is 10.0. The molecule has 1 N–H and O–H groups in total. The Labute approximate surface area is 231 Å². The van der Waals surface area contributed by atoms with Crippen molar-refractivity contribution in [2.24, 2.45) is 5.92 Å². The summed E-state index contributed by atoms with van der Waals surface area (Å²) < 4.78 is 43.6. The largest absolute Gasteiger partial charge is 0.354 e. The second-order valence-electron chi connectivity index (χ2n) is 9.23. The van der Waals surface area contributed by atoms with Crippen molar-refractivity contribution in [2.45, 2.75) is 38.3 Å². The maximum atomic E-state index is 14.6. The minimum Gasteiger partial charge on any atom is -0.354 e. The van der Waals surface area contributed by atoms with E-state index in [0.29, 0.717) is 6.54 Å². The van der Waals surface area contributed by atoms with Gasteiger partial charge in [0, 0.05) is 23.1 Å². The van der Waals surface area contributed by atoms with Crippen molar-refractivity contribution in [3.05, 3.63) is 94.7 Å². The predicted octanol–water partition coefficient (Wildman–Crippen LogP) is 4.97. The second kappa shape index (κ2) is 13.0. The summed E-state index contributed by atoms with van der Waals surface area (Å²) in [5.74, 6) is -1.40. The van der Waals surface area contributed by atoms with E-state index < -0.39 is 40.2 Å². The van der Waals surface area contributed by atoms with Gasteiger partial charge in [-0.2, -0.15) is 0 Å². The number of amides is 2. The number of nitrogens with zero attached hydrogens (tertiary/aromatic N) is 2. The van der Waals surface area contributed by atoms with E-state index in [0.717, 1.165) is 8.78 Å². The van der Waals surface area contributed by atoms with E-state index in [-0.39, 0.29) is 28.6 Å². The first-order chi connectivity index (χ1) is 18.0. The van der Waals surface area contributed by atoms with Crippen LogP contribution in [0.15, 0.2) is 88.2 Å². The molecule has 0 aliphatic carbocycles. The SMILES string of the molecule is CC(C)CNC(=O)C(C)N(Cc1ccccc1F)C(=O)CN(c1ccc(Br)cc1)S(=O)(=O)c1ccccc1. The minimum atomic E-state index is -4.15. The van der Waals surface area contributed by atoms with Gasteiger partial charge < -0.3 is 10.2 Å². The summed E-state index contributed by atoms with van der Waals surface area (Å²) in [6.45, 7) is 5.04. The number of rotatable bonds is 11. The van der Waals surface area contributed by atoms with Crippen LogP contribution in [-0.4, -0.2) is 44.3 Å². The molecule has 0 radical (unpaired) electrons. The first-order valence-corrected chi connectivity index (χ1v) is 14.4. The van der Waals surface area contributed by atoms with E-state index in [4.69, 9.17) is 0 Å². The zero-order valence-electron chi connectivity index (χ0n) is 21.5. The zero-order valence-corrected chi connectivity index (χ0v) is 23.9. The number of hydrogen-bond acceptors (Lipinski definition) is 4. The highest BCUT2D eigenvalue weighted by Gasteiger charge is 2.32. The van der Waals surface area contributed by atoms with Gasteiger partial charge in [-0.15, -0.1) is 0 Å². The van der Waals surface area contributed by atoms with Gasteiger partial charge in [0.25, 0.3) is 10.0 Å². The number of sulfonamides is 1. The smallest absolute Gasteiger partial charge is 0.264 e. The summed E-state index contributed by atoms with van der Waals surface area (Å²) in [5.41, 5.74) is 0.485. The highest BCUT2D eigenvalue weighted by molar-refractivity contribution is 9.10. The van der Waals surface area contributed by atoms with E-state index in [2.05, 4.69) is 21.2 Å². The maximum Gasteiger partial charge on any atom is 0.264 e. The third-order valence-corrected chi connectivity index (χ3v) is 8.19. The van der Waals surface area contributed by atoms with Gasteiger partial charge in [0.15, 0.2) is 0 Å². The van der Waals surface area contributed by atoms with Crippen molar-refractivity contribution in [3.63, 3.8) is 0 Å². The third kappa shape index (κ3) is 7.41. The Morgan fingerprint density at radius 2 is 1.53 bits per heavy atom. The molecular weight excluding hydrogens is 573 g/mol. The normalized spacial score (nSPS) is 12.2. The molecule has 1 unspecified atom stereocenters. The molecule has 0 saturated heterocycles. The Hall–Kier alpha value is -3.24. The van der Waals surface area contributed by atoms with E-state index in [1.54, 1.807) is 55.5 Å². The molecule has 0 aliphatic heterocycles. The lowest BCUT2D eigenvalue weighted by Gasteiger charge is -2.32. The van der Waals surface area contributed by atoms with E-state index in [1.165, 1.54) is 35.2 Å². The molecule has 0 bridgehead atoms. The van der Waals surface area contributed by atoms with Crippen LogP contribution in [0.5, 0.6) is 0 Å². The summed E-state index contributed by atoms with van der Waals surface area (Å²) in [6, 6.07) is 19.3. The van der Waals surface area contributed by atoms with Crippen LogP contribution < -0.4 is 9.62 Å². The number of carbonyl (C=O) groups excluding carboxylic acids is 2. The van der Waals surface area contributed by atoms with Crippen LogP contribution in [0.2, 0.25) is 0 Å². The molecule has 2 amide bonds. The van der Waals surface area contributed by atoms with E-state index >= 15 is 0 Å². The Morgan fingerprint density at radius 1 is 0.921 bits per heavy atom. The van der Waals surface area contributed by atoms with Crippen LogP contribution >= 0.6 is 15.9 Å². The fraction of sp³-hybridized carbons (Fsp3) is 0.286. The molecule has 0 spiro atoms. The van der Waals surface area contributed by atoms with Gasteiger partial charge in [0.1, 0.15) is 18.4 Å². The predicted molar refractivity (Wildman–Crippen MR) is 149 cm³/mol. The molecule has 10 heteroatoms. The quantitative estimate of drug-likeness (QED) is 0.335. The molecule has 7 nitrogen and oxygen atoms in total. The van der Waals surface area contributed by atoms with Crippen LogP contribution in [0.4, 0.5) is 10.1 Å². The summed E-state index contributed by atoms with van der Waals surface area (Å²) in [7, 11) is -4.15. The monoisotopic (exact) mass is 603 g/mol. The highest BCUT2D eigenvalue weighted by atomic mass is 79.9. The van der Waals surface area contributed by atoms with Crippen molar-refractivity contribution in [3.8, 4) is 0 Å². The molecule has 1 atom stereocenters. The summed E-state index contributed by atoms with van der Waals surface area (Å²) in [6.07, 6.45) is 0. The molecule has 0 heterocycles. The van der Waals surface area contributed by atoms with Crippen molar-refractivity contribution in [1.29, 1.82) is 0 Å². The standard InChI is InChI=1S/C28H31BrFN3O4S/c1-20(2)17-31-28(35)21(3)32(18-22-9-7-8-12-26(22)30)27(34)19-33(24-15-13-23(29)14-16-24)38(36,37)25-10-5-4-6-11-25/h4-16,20-21H,17-19H2,1-3H3,(H,31,35). The fourth-order valence-electron chi connectivity index (χ4n) is 3.70. The van der Waals surface area contributed by atoms with Gasteiger partial charge >= 0.3 is 0 Å². The first kappa shape index (κ1) is 29.3. The Morgan fingerprint density at radius 3 is 2.13 bits per heavy atom. The molecule has 0 fully saturated rings. The molecule has 202 valence electrons. The minimum absolute atomic E-state index is 0.0131. The summed E-state index contributed by atoms with van der Waals surface area (Å²) in [5, 5.41) is 2.80. The summed E-state index contributed by atoms with van der Waals surface area (Å²) in [4.78, 5) is 27.9. The Bertz CT molecular complexity index is 1350. The van der Waals surface area contributed by atoms with Crippen LogP contribution in [0, 0.1) is 11.7 Å². The van der Waals surface area contributed by atoms with Crippen molar-refractivity contribution in [1.82, 2.24) is 10.2 Å². The summed E-state index contributed by atoms with van der Waals surface area (Å²) >= 11 is 3.34. The lowest BCUT2D eigenvalue weighted by atomic mass is 10.1. The molecule has 0 aromatic heterocycles. The molecule has 0 aliphatic rings. The molecule has 3 rings (SSSR count). The van der Waals surface area contributed by atoms with Crippen LogP contribution in [0.1, 0.15) is 26.3 Å². The number of hydrogen-bond donors (Lipinski definition) is 1. The van der Waals surface area contributed by atoms with Crippen LogP contribution in [0.25, 0.3) is 0 Å². The lowest BCUT2D eigenvalue weighted by Crippen LogP contribution is -2.51. The van der Waals surface area contributed by atoms with Gasteiger partial charge in [-0.1, -0.05) is 66.2 Å². The average Bonchev–Trinajstić information content (AvgIpc) is 2.90. The number of carbonyl (C=O) groups is 2. The molecule has 3 aromatic rings. The van der Waals surface area contributed by atoms with Crippen molar-refractivity contribution >= 4 is 43.5 Å². The van der Waals surface area contributed by atoms with Gasteiger partial charge in [-0.3, -0.25) is 13.9 Å². The molecule has 3 aromatic carbocycles. The molecular formula is C28H31BrFN3O4S. The number of anilines is 1. The zero-order chi connectivity index (χ0) is 27.9. The third-order valence-electron chi connectivity index (χ3n) is 5.88. The van der Waals surface area contributed by atoms with Gasteiger partial charge in [-0.25, -0.2) is 12.8 Å². The average molecular weight is 605 g/mol. The topological polar surface area (TPSA) is 86.8 Å². The van der Waals surface area contributed by atoms with Crippen LogP contribution in [-0.2, 0) is 26.2 Å². The number of benzene rings is 3.